The van der Waals surface area contributed by atoms with Crippen LogP contribution in [0.1, 0.15) is 15.9 Å². The first-order chi connectivity index (χ1) is 5.95. The summed E-state index contributed by atoms with van der Waals surface area (Å²) in [6, 6.07) is 6.16. The summed E-state index contributed by atoms with van der Waals surface area (Å²) in [7, 11) is -1.22. The van der Waals surface area contributed by atoms with Gasteiger partial charge in [-0.3, -0.25) is 4.79 Å². The van der Waals surface area contributed by atoms with Gasteiger partial charge in [-0.15, -0.1) is 0 Å². The maximum absolute atomic E-state index is 10.6. The number of benzene rings is 1. The van der Waals surface area contributed by atoms with E-state index in [0.717, 1.165) is 17.4 Å². The van der Waals surface area contributed by atoms with Crippen molar-refractivity contribution in [1.82, 2.24) is 0 Å². The molecule has 1 rings (SSSR count). The van der Waals surface area contributed by atoms with E-state index < -0.39 is 8.07 Å². The van der Waals surface area contributed by atoms with Crippen molar-refractivity contribution >= 4 is 19.5 Å². The van der Waals surface area contributed by atoms with Crippen molar-refractivity contribution < 1.29 is 4.79 Å². The molecule has 1 nitrogen and oxygen atoms in total. The molecule has 0 heterocycles. The van der Waals surface area contributed by atoms with Crippen LogP contribution in [0.4, 0.5) is 0 Å². The molecule has 0 saturated carbocycles. The third kappa shape index (κ3) is 2.28. The zero-order valence-electron chi connectivity index (χ0n) is 8.72. The van der Waals surface area contributed by atoms with Crippen LogP contribution < -0.4 is 5.19 Å². The molecular weight excluding hydrogens is 176 g/mol. The minimum absolute atomic E-state index is 0.807. The number of hydrogen-bond donors (Lipinski definition) is 0. The Bertz CT molecular complexity index is 323. The maximum atomic E-state index is 10.6. The number of aldehydes is 1. The van der Waals surface area contributed by atoms with Crippen molar-refractivity contribution in [3.05, 3.63) is 29.3 Å². The summed E-state index contributed by atoms with van der Waals surface area (Å²) in [6.07, 6.45) is 0.920. The summed E-state index contributed by atoms with van der Waals surface area (Å²) in [6.45, 7) is 8.92. The molecule has 0 aromatic heterocycles. The Labute approximate surface area is 80.8 Å². The Balaban J connectivity index is 3.17. The second-order valence-corrected chi connectivity index (χ2v) is 9.52. The van der Waals surface area contributed by atoms with E-state index in [9.17, 15) is 4.79 Å². The van der Waals surface area contributed by atoms with Crippen molar-refractivity contribution in [3.8, 4) is 0 Å². The summed E-state index contributed by atoms with van der Waals surface area (Å²) in [5.74, 6) is 0. The van der Waals surface area contributed by atoms with Crippen molar-refractivity contribution in [1.29, 1.82) is 0 Å². The van der Waals surface area contributed by atoms with Crippen LogP contribution >= 0.6 is 0 Å². The summed E-state index contributed by atoms with van der Waals surface area (Å²) in [4.78, 5) is 10.6. The standard InChI is InChI=1S/C11H16OSi/c1-9-7-11(13(2,3)4)6-5-10(9)8-12/h5-8H,1-4H3. The molecule has 0 fully saturated rings. The predicted molar refractivity (Wildman–Crippen MR) is 59.5 cm³/mol. The average molecular weight is 192 g/mol. The van der Waals surface area contributed by atoms with E-state index in [1.54, 1.807) is 0 Å². The van der Waals surface area contributed by atoms with Crippen molar-refractivity contribution in [2.45, 2.75) is 26.6 Å². The molecule has 0 aliphatic heterocycles. The lowest BCUT2D eigenvalue weighted by molar-refractivity contribution is 0.112. The SMILES string of the molecule is Cc1cc([Si](C)(C)C)ccc1C=O. The molecule has 0 amide bonds. The van der Waals surface area contributed by atoms with Gasteiger partial charge in [0.2, 0.25) is 0 Å². The Morgan fingerprint density at radius 2 is 1.85 bits per heavy atom. The van der Waals surface area contributed by atoms with E-state index in [1.807, 2.05) is 13.0 Å². The molecule has 0 spiro atoms. The molecular formula is C11H16OSi. The molecule has 1 aromatic carbocycles. The van der Waals surface area contributed by atoms with Crippen LogP contribution in [0, 0.1) is 6.92 Å². The molecule has 0 unspecified atom stereocenters. The van der Waals surface area contributed by atoms with Crippen molar-refractivity contribution in [2.24, 2.45) is 0 Å². The summed E-state index contributed by atoms with van der Waals surface area (Å²) in [5.41, 5.74) is 1.90. The van der Waals surface area contributed by atoms with Crippen LogP contribution in [0.5, 0.6) is 0 Å². The van der Waals surface area contributed by atoms with E-state index >= 15 is 0 Å². The molecule has 0 aliphatic rings. The van der Waals surface area contributed by atoms with Crippen LogP contribution in [0.15, 0.2) is 18.2 Å². The van der Waals surface area contributed by atoms with E-state index in [0.29, 0.717) is 0 Å². The highest BCUT2D eigenvalue weighted by atomic mass is 28.3. The van der Waals surface area contributed by atoms with Gasteiger partial charge < -0.3 is 0 Å². The highest BCUT2D eigenvalue weighted by Gasteiger charge is 2.16. The minimum atomic E-state index is -1.22. The fourth-order valence-corrected chi connectivity index (χ4v) is 2.51. The van der Waals surface area contributed by atoms with Gasteiger partial charge in [0.15, 0.2) is 0 Å². The van der Waals surface area contributed by atoms with Gasteiger partial charge >= 0.3 is 0 Å². The number of carbonyl (C=O) groups is 1. The van der Waals surface area contributed by atoms with E-state index in [-0.39, 0.29) is 0 Å². The van der Waals surface area contributed by atoms with Gasteiger partial charge in [-0.25, -0.2) is 0 Å². The van der Waals surface area contributed by atoms with Crippen LogP contribution in [-0.4, -0.2) is 14.4 Å². The maximum Gasteiger partial charge on any atom is 0.150 e. The summed E-state index contributed by atoms with van der Waals surface area (Å²) in [5, 5.41) is 1.41. The molecule has 0 aliphatic carbocycles. The van der Waals surface area contributed by atoms with Gasteiger partial charge in [0.25, 0.3) is 0 Å². The van der Waals surface area contributed by atoms with Gasteiger partial charge in [-0.05, 0) is 12.5 Å². The third-order valence-electron chi connectivity index (χ3n) is 2.26. The lowest BCUT2D eigenvalue weighted by atomic mass is 10.1. The zero-order chi connectivity index (χ0) is 10.1. The van der Waals surface area contributed by atoms with E-state index in [4.69, 9.17) is 0 Å². The summed E-state index contributed by atoms with van der Waals surface area (Å²) < 4.78 is 0. The molecule has 13 heavy (non-hydrogen) atoms. The van der Waals surface area contributed by atoms with Crippen LogP contribution in [0.3, 0.4) is 0 Å². The molecule has 0 bridgehead atoms. The lowest BCUT2D eigenvalue weighted by Gasteiger charge is -2.17. The van der Waals surface area contributed by atoms with Crippen LogP contribution in [-0.2, 0) is 0 Å². The molecule has 0 saturated heterocycles. The highest BCUT2D eigenvalue weighted by molar-refractivity contribution is 6.88. The van der Waals surface area contributed by atoms with E-state index in [2.05, 4.69) is 31.8 Å². The number of carbonyl (C=O) groups excluding carboxylic acids is 1. The van der Waals surface area contributed by atoms with Gasteiger partial charge in [0.1, 0.15) is 6.29 Å². The molecule has 0 N–H and O–H groups in total. The molecule has 2 heteroatoms. The number of aryl methyl sites for hydroxylation is 1. The second kappa shape index (κ2) is 3.46. The van der Waals surface area contributed by atoms with Crippen molar-refractivity contribution in [2.75, 3.05) is 0 Å². The smallest absolute Gasteiger partial charge is 0.150 e. The zero-order valence-corrected chi connectivity index (χ0v) is 9.72. The predicted octanol–water partition coefficient (Wildman–Crippen LogP) is 2.35. The quantitative estimate of drug-likeness (QED) is 0.519. The Hall–Kier alpha value is -0.893. The number of rotatable bonds is 2. The van der Waals surface area contributed by atoms with Gasteiger partial charge in [-0.2, -0.15) is 0 Å². The second-order valence-electron chi connectivity index (χ2n) is 4.44. The topological polar surface area (TPSA) is 17.1 Å². The molecule has 1 aromatic rings. The van der Waals surface area contributed by atoms with Crippen LogP contribution in [0.25, 0.3) is 0 Å². The molecule has 70 valence electrons. The fraction of sp³-hybridized carbons (Fsp3) is 0.364. The third-order valence-corrected chi connectivity index (χ3v) is 4.31. The van der Waals surface area contributed by atoms with Crippen molar-refractivity contribution in [3.63, 3.8) is 0 Å². The molecule has 0 radical (unpaired) electrons. The molecule has 0 atom stereocenters. The fourth-order valence-electron chi connectivity index (χ4n) is 1.27. The van der Waals surface area contributed by atoms with Gasteiger partial charge in [0, 0.05) is 5.56 Å². The average Bonchev–Trinajstić information content (AvgIpc) is 2.02. The van der Waals surface area contributed by atoms with Gasteiger partial charge in [0.05, 0.1) is 8.07 Å². The first-order valence-electron chi connectivity index (χ1n) is 4.51. The first-order valence-corrected chi connectivity index (χ1v) is 8.01. The monoisotopic (exact) mass is 192 g/mol. The number of hydrogen-bond acceptors (Lipinski definition) is 1. The normalized spacial score (nSPS) is 11.4. The summed E-state index contributed by atoms with van der Waals surface area (Å²) >= 11 is 0. The minimum Gasteiger partial charge on any atom is -0.298 e. The van der Waals surface area contributed by atoms with Crippen LogP contribution in [0.2, 0.25) is 19.6 Å². The lowest BCUT2D eigenvalue weighted by Crippen LogP contribution is -2.37. The Kier molecular flexibility index (Phi) is 2.71. The van der Waals surface area contributed by atoms with Gasteiger partial charge in [-0.1, -0.05) is 43.0 Å². The largest absolute Gasteiger partial charge is 0.298 e. The Morgan fingerprint density at radius 1 is 1.23 bits per heavy atom. The first kappa shape index (κ1) is 10.2. The highest BCUT2D eigenvalue weighted by Crippen LogP contribution is 2.07. The Morgan fingerprint density at radius 3 is 2.23 bits per heavy atom. The van der Waals surface area contributed by atoms with E-state index in [1.165, 1.54) is 5.19 Å².